The molecule has 0 aliphatic rings. The predicted octanol–water partition coefficient (Wildman–Crippen LogP) is 4.58. The van der Waals surface area contributed by atoms with Gasteiger partial charge < -0.3 is 14.8 Å². The maximum absolute atomic E-state index is 5.52. The van der Waals surface area contributed by atoms with E-state index >= 15 is 0 Å². The highest BCUT2D eigenvalue weighted by atomic mass is 16.5. The third-order valence-corrected chi connectivity index (χ3v) is 3.50. The lowest BCUT2D eigenvalue weighted by molar-refractivity contribution is 0.340. The van der Waals surface area contributed by atoms with Crippen LogP contribution in [0.4, 0.5) is 5.69 Å². The molecule has 2 aromatic rings. The summed E-state index contributed by atoms with van der Waals surface area (Å²) < 4.78 is 10.7. The highest BCUT2D eigenvalue weighted by Gasteiger charge is 2.08. The van der Waals surface area contributed by atoms with Crippen molar-refractivity contribution in [3.63, 3.8) is 0 Å². The van der Waals surface area contributed by atoms with Gasteiger partial charge in [-0.05, 0) is 62.2 Å². The summed E-state index contributed by atoms with van der Waals surface area (Å²) in [5, 5.41) is 3.54. The van der Waals surface area contributed by atoms with Crippen molar-refractivity contribution in [3.05, 3.63) is 53.6 Å². The maximum Gasteiger partial charge on any atom is 0.119 e. The molecule has 0 saturated carbocycles. The van der Waals surface area contributed by atoms with E-state index in [2.05, 4.69) is 43.4 Å². The van der Waals surface area contributed by atoms with Crippen molar-refractivity contribution in [2.24, 2.45) is 0 Å². The Morgan fingerprint density at radius 1 is 1.05 bits per heavy atom. The number of rotatable bonds is 6. The van der Waals surface area contributed by atoms with Crippen LogP contribution in [-0.2, 0) is 0 Å². The summed E-state index contributed by atoms with van der Waals surface area (Å²) in [4.78, 5) is 0. The van der Waals surface area contributed by atoms with E-state index in [1.54, 1.807) is 7.11 Å². The lowest BCUT2D eigenvalue weighted by Gasteiger charge is -2.18. The fourth-order valence-corrected chi connectivity index (χ4v) is 2.26. The van der Waals surface area contributed by atoms with Gasteiger partial charge in [-0.1, -0.05) is 12.1 Å². The van der Waals surface area contributed by atoms with Gasteiger partial charge in [-0.3, -0.25) is 0 Å². The Morgan fingerprint density at radius 3 is 2.29 bits per heavy atom. The molecule has 0 aromatic heterocycles. The van der Waals surface area contributed by atoms with Gasteiger partial charge in [0.25, 0.3) is 0 Å². The van der Waals surface area contributed by atoms with E-state index in [9.17, 15) is 0 Å². The second kappa shape index (κ2) is 7.02. The molecule has 0 bridgehead atoms. The fraction of sp³-hybridized carbons (Fsp3) is 0.333. The van der Waals surface area contributed by atoms with Crippen LogP contribution in [0.5, 0.6) is 11.5 Å². The van der Waals surface area contributed by atoms with E-state index in [1.165, 1.54) is 11.1 Å². The van der Waals surface area contributed by atoms with Gasteiger partial charge in [0.15, 0.2) is 0 Å². The van der Waals surface area contributed by atoms with Gasteiger partial charge in [0.2, 0.25) is 0 Å². The zero-order valence-electron chi connectivity index (χ0n) is 13.1. The number of benzene rings is 2. The Bertz CT molecular complexity index is 578. The van der Waals surface area contributed by atoms with Crippen LogP contribution in [0.25, 0.3) is 0 Å². The van der Waals surface area contributed by atoms with Crippen molar-refractivity contribution in [2.45, 2.75) is 26.8 Å². The molecule has 0 aliphatic heterocycles. The van der Waals surface area contributed by atoms with E-state index < -0.39 is 0 Å². The first-order valence-electron chi connectivity index (χ1n) is 7.28. The zero-order valence-corrected chi connectivity index (χ0v) is 13.1. The number of ether oxygens (including phenoxy) is 2. The van der Waals surface area contributed by atoms with Gasteiger partial charge >= 0.3 is 0 Å². The average Bonchev–Trinajstić information content (AvgIpc) is 2.50. The SMILES string of the molecule is CCOc1ccc(NC(C)c2ccc(OC)cc2)c(C)c1. The predicted molar refractivity (Wildman–Crippen MR) is 87.4 cm³/mol. The summed E-state index contributed by atoms with van der Waals surface area (Å²) in [5.74, 6) is 1.79. The van der Waals surface area contributed by atoms with E-state index in [1.807, 2.05) is 25.1 Å². The quantitative estimate of drug-likeness (QED) is 0.843. The highest BCUT2D eigenvalue weighted by molar-refractivity contribution is 5.55. The number of nitrogens with one attached hydrogen (secondary N) is 1. The van der Waals surface area contributed by atoms with Gasteiger partial charge in [-0.2, -0.15) is 0 Å². The Hall–Kier alpha value is -2.16. The minimum Gasteiger partial charge on any atom is -0.497 e. The first-order chi connectivity index (χ1) is 10.1. The minimum atomic E-state index is 0.229. The Morgan fingerprint density at radius 2 is 1.71 bits per heavy atom. The molecule has 1 atom stereocenters. The van der Waals surface area contributed by atoms with Crippen molar-refractivity contribution in [3.8, 4) is 11.5 Å². The maximum atomic E-state index is 5.52. The molecule has 0 fully saturated rings. The number of aryl methyl sites for hydroxylation is 1. The standard InChI is InChI=1S/C18H23NO2/c1-5-21-17-10-11-18(13(2)12-17)19-14(3)15-6-8-16(20-4)9-7-15/h6-12,14,19H,5H2,1-4H3. The van der Waals surface area contributed by atoms with Gasteiger partial charge in [-0.25, -0.2) is 0 Å². The number of hydrogen-bond donors (Lipinski definition) is 1. The summed E-state index contributed by atoms with van der Waals surface area (Å²) in [6.07, 6.45) is 0. The third kappa shape index (κ3) is 3.91. The minimum absolute atomic E-state index is 0.229. The molecule has 1 unspecified atom stereocenters. The molecule has 0 aliphatic carbocycles. The molecular weight excluding hydrogens is 262 g/mol. The Kier molecular flexibility index (Phi) is 5.09. The van der Waals surface area contributed by atoms with Crippen LogP contribution in [0.15, 0.2) is 42.5 Å². The molecule has 0 heterocycles. The summed E-state index contributed by atoms with van der Waals surface area (Å²) >= 11 is 0. The highest BCUT2D eigenvalue weighted by Crippen LogP contribution is 2.26. The first-order valence-corrected chi connectivity index (χ1v) is 7.28. The third-order valence-electron chi connectivity index (χ3n) is 3.50. The zero-order chi connectivity index (χ0) is 15.2. The molecule has 2 aromatic carbocycles. The Labute approximate surface area is 126 Å². The molecule has 3 nitrogen and oxygen atoms in total. The topological polar surface area (TPSA) is 30.5 Å². The van der Waals surface area contributed by atoms with Crippen LogP contribution >= 0.6 is 0 Å². The average molecular weight is 285 g/mol. The van der Waals surface area contributed by atoms with Crippen molar-refractivity contribution in [2.75, 3.05) is 19.0 Å². The molecule has 1 N–H and O–H groups in total. The van der Waals surface area contributed by atoms with Crippen molar-refractivity contribution < 1.29 is 9.47 Å². The van der Waals surface area contributed by atoms with Gasteiger partial charge in [0.1, 0.15) is 11.5 Å². The molecule has 21 heavy (non-hydrogen) atoms. The molecule has 0 saturated heterocycles. The molecule has 112 valence electrons. The van der Waals surface area contributed by atoms with Crippen molar-refractivity contribution in [1.82, 2.24) is 0 Å². The monoisotopic (exact) mass is 285 g/mol. The lowest BCUT2D eigenvalue weighted by Crippen LogP contribution is -2.07. The van der Waals surface area contributed by atoms with Crippen molar-refractivity contribution in [1.29, 1.82) is 0 Å². The molecular formula is C18H23NO2. The van der Waals surface area contributed by atoms with Crippen LogP contribution in [0, 0.1) is 6.92 Å². The largest absolute Gasteiger partial charge is 0.497 e. The van der Waals surface area contributed by atoms with Gasteiger partial charge in [-0.15, -0.1) is 0 Å². The van der Waals surface area contributed by atoms with Crippen molar-refractivity contribution >= 4 is 5.69 Å². The summed E-state index contributed by atoms with van der Waals surface area (Å²) in [6, 6.07) is 14.5. The number of anilines is 1. The lowest BCUT2D eigenvalue weighted by atomic mass is 10.1. The second-order valence-corrected chi connectivity index (χ2v) is 5.05. The summed E-state index contributed by atoms with van der Waals surface area (Å²) in [5.41, 5.74) is 3.53. The molecule has 2 rings (SSSR count). The van der Waals surface area contributed by atoms with Crippen LogP contribution in [0.3, 0.4) is 0 Å². The number of methoxy groups -OCH3 is 1. The second-order valence-electron chi connectivity index (χ2n) is 5.05. The molecule has 0 spiro atoms. The smallest absolute Gasteiger partial charge is 0.119 e. The van der Waals surface area contributed by atoms with E-state index in [4.69, 9.17) is 9.47 Å². The Balaban J connectivity index is 2.09. The van der Waals surface area contributed by atoms with E-state index in [0.717, 1.165) is 17.2 Å². The van der Waals surface area contributed by atoms with Crippen LogP contribution in [0.2, 0.25) is 0 Å². The van der Waals surface area contributed by atoms with E-state index in [0.29, 0.717) is 6.61 Å². The van der Waals surface area contributed by atoms with Crippen LogP contribution in [-0.4, -0.2) is 13.7 Å². The van der Waals surface area contributed by atoms with Crippen LogP contribution < -0.4 is 14.8 Å². The van der Waals surface area contributed by atoms with Crippen LogP contribution in [0.1, 0.15) is 31.0 Å². The van der Waals surface area contributed by atoms with Gasteiger partial charge in [0, 0.05) is 11.7 Å². The van der Waals surface area contributed by atoms with E-state index in [-0.39, 0.29) is 6.04 Å². The number of hydrogen-bond acceptors (Lipinski definition) is 3. The normalized spacial score (nSPS) is 11.8. The van der Waals surface area contributed by atoms with Gasteiger partial charge in [0.05, 0.1) is 13.7 Å². The summed E-state index contributed by atoms with van der Waals surface area (Å²) in [7, 11) is 1.68. The first kappa shape index (κ1) is 15.2. The fourth-order valence-electron chi connectivity index (χ4n) is 2.26. The molecule has 3 heteroatoms. The summed E-state index contributed by atoms with van der Waals surface area (Å²) in [6.45, 7) is 6.92. The molecule has 0 amide bonds. The molecule has 0 radical (unpaired) electrons.